The molecule has 8 heteroatoms. The minimum atomic E-state index is -2.41. The molecular weight excluding hydrogens is 400 g/mol. The van der Waals surface area contributed by atoms with Gasteiger partial charge in [-0.05, 0) is 23.3 Å². The summed E-state index contributed by atoms with van der Waals surface area (Å²) in [7, 11) is 0. The first-order chi connectivity index (χ1) is 14.8. The van der Waals surface area contributed by atoms with E-state index in [0.29, 0.717) is 16.7 Å². The summed E-state index contributed by atoms with van der Waals surface area (Å²) in [6, 6.07) is 20.5. The van der Waals surface area contributed by atoms with Crippen molar-refractivity contribution < 1.29 is 24.7 Å². The van der Waals surface area contributed by atoms with Crippen molar-refractivity contribution in [2.75, 3.05) is 0 Å². The van der Waals surface area contributed by atoms with Crippen LogP contribution in [0.4, 0.5) is 5.69 Å². The maximum atomic E-state index is 12.8. The zero-order valence-electron chi connectivity index (χ0n) is 16.3. The highest BCUT2D eigenvalue weighted by molar-refractivity contribution is 5.95. The third kappa shape index (κ3) is 4.93. The van der Waals surface area contributed by atoms with E-state index in [1.807, 2.05) is 0 Å². The third-order valence-electron chi connectivity index (χ3n) is 4.91. The Balaban J connectivity index is 1.99. The number of carbonyl (C=O) groups excluding carboxylic acids is 1. The maximum absolute atomic E-state index is 12.8. The van der Waals surface area contributed by atoms with Gasteiger partial charge in [-0.1, -0.05) is 60.7 Å². The predicted molar refractivity (Wildman–Crippen MR) is 112 cm³/mol. The van der Waals surface area contributed by atoms with Crippen molar-refractivity contribution >= 4 is 17.6 Å². The van der Waals surface area contributed by atoms with Crippen LogP contribution in [0.15, 0.2) is 84.9 Å². The molecule has 3 aromatic carbocycles. The van der Waals surface area contributed by atoms with Crippen LogP contribution in [0.5, 0.6) is 0 Å². The average Bonchev–Trinajstić information content (AvgIpc) is 2.78. The van der Waals surface area contributed by atoms with Gasteiger partial charge in [-0.3, -0.25) is 14.9 Å². The molecule has 31 heavy (non-hydrogen) atoms. The summed E-state index contributed by atoms with van der Waals surface area (Å²) in [6.45, 7) is 0. The Bertz CT molecular complexity index is 1070. The number of aliphatic hydroxyl groups is 1. The van der Waals surface area contributed by atoms with Crippen LogP contribution in [-0.2, 0) is 11.2 Å². The van der Waals surface area contributed by atoms with E-state index in [1.54, 1.807) is 60.7 Å². The topological polar surface area (TPSA) is 130 Å². The minimum Gasteiger partial charge on any atom is -0.479 e. The van der Waals surface area contributed by atoms with Crippen LogP contribution in [0.2, 0.25) is 0 Å². The molecular formula is C23H20N2O6. The first-order valence-corrected chi connectivity index (χ1v) is 9.41. The van der Waals surface area contributed by atoms with Crippen LogP contribution in [0.25, 0.3) is 0 Å². The highest BCUT2D eigenvalue weighted by atomic mass is 16.6. The van der Waals surface area contributed by atoms with Gasteiger partial charge in [-0.2, -0.15) is 0 Å². The summed E-state index contributed by atoms with van der Waals surface area (Å²) < 4.78 is 0. The van der Waals surface area contributed by atoms with Gasteiger partial charge in [0.15, 0.2) is 5.60 Å². The fraction of sp³-hybridized carbons (Fsp3) is 0.130. The Morgan fingerprint density at radius 3 is 2.00 bits per heavy atom. The summed E-state index contributed by atoms with van der Waals surface area (Å²) >= 11 is 0. The first-order valence-electron chi connectivity index (χ1n) is 9.41. The molecule has 0 aromatic heterocycles. The molecule has 0 aliphatic heterocycles. The van der Waals surface area contributed by atoms with Crippen LogP contribution < -0.4 is 5.32 Å². The van der Waals surface area contributed by atoms with Crippen LogP contribution >= 0.6 is 0 Å². The number of nitro benzene ring substituents is 1. The number of carboxylic acids is 1. The Labute approximate surface area is 177 Å². The van der Waals surface area contributed by atoms with Crippen molar-refractivity contribution in [3.05, 3.63) is 112 Å². The number of hydrogen-bond donors (Lipinski definition) is 3. The van der Waals surface area contributed by atoms with Crippen molar-refractivity contribution in [2.24, 2.45) is 0 Å². The summed E-state index contributed by atoms with van der Waals surface area (Å²) in [4.78, 5) is 35.3. The van der Waals surface area contributed by atoms with E-state index in [2.05, 4.69) is 5.32 Å². The summed E-state index contributed by atoms with van der Waals surface area (Å²) in [5, 5.41) is 34.7. The molecule has 3 N–H and O–H groups in total. The minimum absolute atomic E-state index is 0.153. The molecule has 0 spiro atoms. The van der Waals surface area contributed by atoms with Crippen LogP contribution in [0.1, 0.15) is 27.5 Å². The van der Waals surface area contributed by atoms with Gasteiger partial charge in [0.25, 0.3) is 11.6 Å². The largest absolute Gasteiger partial charge is 0.479 e. The van der Waals surface area contributed by atoms with E-state index in [0.717, 1.165) is 0 Å². The van der Waals surface area contributed by atoms with E-state index >= 15 is 0 Å². The number of non-ortho nitro benzene ring substituents is 1. The Morgan fingerprint density at radius 1 is 0.935 bits per heavy atom. The highest BCUT2D eigenvalue weighted by Crippen LogP contribution is 2.31. The van der Waals surface area contributed by atoms with Gasteiger partial charge in [-0.25, -0.2) is 4.79 Å². The van der Waals surface area contributed by atoms with E-state index in [4.69, 9.17) is 0 Å². The molecule has 0 radical (unpaired) electrons. The summed E-state index contributed by atoms with van der Waals surface area (Å²) in [5.41, 5.74) is -1.49. The van der Waals surface area contributed by atoms with Crippen molar-refractivity contribution in [2.45, 2.75) is 18.1 Å². The molecule has 2 atom stereocenters. The molecule has 3 aromatic rings. The number of carboxylic acid groups (broad SMARTS) is 1. The predicted octanol–water partition coefficient (Wildman–Crippen LogP) is 3.12. The normalized spacial score (nSPS) is 13.6. The Hall–Kier alpha value is -4.04. The van der Waals surface area contributed by atoms with E-state index in [-0.39, 0.29) is 12.1 Å². The monoisotopic (exact) mass is 420 g/mol. The maximum Gasteiger partial charge on any atom is 0.338 e. The lowest BCUT2D eigenvalue weighted by atomic mass is 9.83. The molecule has 1 amide bonds. The zero-order valence-corrected chi connectivity index (χ0v) is 16.3. The molecule has 0 aliphatic carbocycles. The fourth-order valence-corrected chi connectivity index (χ4v) is 3.28. The number of nitrogens with zero attached hydrogens (tertiary/aromatic N) is 1. The molecule has 158 valence electrons. The SMILES string of the molecule is O=C(N[C@@H](c1ccccc1)[C@](O)(Cc1ccc([N+](=O)[O-])cc1)C(=O)O)c1ccccc1. The lowest BCUT2D eigenvalue weighted by Crippen LogP contribution is -2.53. The Kier molecular flexibility index (Phi) is 6.42. The quantitative estimate of drug-likeness (QED) is 0.379. The van der Waals surface area contributed by atoms with Crippen LogP contribution in [0, 0.1) is 10.1 Å². The van der Waals surface area contributed by atoms with Gasteiger partial charge < -0.3 is 15.5 Å². The van der Waals surface area contributed by atoms with E-state index < -0.39 is 28.4 Å². The molecule has 0 fully saturated rings. The summed E-state index contributed by atoms with van der Waals surface area (Å²) in [5.74, 6) is -2.08. The highest BCUT2D eigenvalue weighted by Gasteiger charge is 2.46. The molecule has 0 bridgehead atoms. The van der Waals surface area contributed by atoms with Crippen molar-refractivity contribution in [3.63, 3.8) is 0 Å². The third-order valence-corrected chi connectivity index (χ3v) is 4.91. The second-order valence-electron chi connectivity index (χ2n) is 7.01. The number of nitro groups is 1. The van der Waals surface area contributed by atoms with Crippen LogP contribution in [-0.4, -0.2) is 32.6 Å². The number of hydrogen-bond acceptors (Lipinski definition) is 5. The molecule has 0 unspecified atom stereocenters. The molecule has 3 rings (SSSR count). The lowest BCUT2D eigenvalue weighted by Gasteiger charge is -2.33. The molecule has 0 saturated heterocycles. The van der Waals surface area contributed by atoms with E-state index in [1.165, 1.54) is 24.3 Å². The Morgan fingerprint density at radius 2 is 1.48 bits per heavy atom. The second-order valence-corrected chi connectivity index (χ2v) is 7.01. The number of nitrogens with one attached hydrogen (secondary N) is 1. The van der Waals surface area contributed by atoms with Gasteiger partial charge in [0.05, 0.1) is 11.0 Å². The lowest BCUT2D eigenvalue weighted by molar-refractivity contribution is -0.384. The van der Waals surface area contributed by atoms with E-state index in [9.17, 15) is 29.9 Å². The average molecular weight is 420 g/mol. The van der Waals surface area contributed by atoms with Crippen molar-refractivity contribution in [1.82, 2.24) is 5.32 Å². The molecule has 0 saturated carbocycles. The smallest absolute Gasteiger partial charge is 0.338 e. The fourth-order valence-electron chi connectivity index (χ4n) is 3.28. The van der Waals surface area contributed by atoms with Crippen LogP contribution in [0.3, 0.4) is 0 Å². The first kappa shape index (κ1) is 21.7. The van der Waals surface area contributed by atoms with Gasteiger partial charge in [-0.15, -0.1) is 0 Å². The number of rotatable bonds is 8. The number of carbonyl (C=O) groups is 2. The zero-order chi connectivity index (χ0) is 22.4. The standard InChI is InChI=1S/C23H20N2O6/c26-21(18-9-5-2-6-10-18)24-20(17-7-3-1-4-8-17)23(29,22(27)28)15-16-11-13-19(14-12-16)25(30)31/h1-14,20,29H,15H2,(H,24,26)(H,27,28)/t20-,23+/m0/s1. The summed E-state index contributed by atoms with van der Waals surface area (Å²) in [6.07, 6.45) is -0.380. The number of benzene rings is 3. The van der Waals surface area contributed by atoms with Crippen molar-refractivity contribution in [3.8, 4) is 0 Å². The van der Waals surface area contributed by atoms with Gasteiger partial charge in [0, 0.05) is 24.1 Å². The van der Waals surface area contributed by atoms with Gasteiger partial charge in [0.1, 0.15) is 0 Å². The van der Waals surface area contributed by atoms with Gasteiger partial charge in [0.2, 0.25) is 0 Å². The van der Waals surface area contributed by atoms with Gasteiger partial charge >= 0.3 is 5.97 Å². The number of amides is 1. The van der Waals surface area contributed by atoms with Crippen molar-refractivity contribution in [1.29, 1.82) is 0 Å². The number of aliphatic carboxylic acids is 1. The molecule has 8 nitrogen and oxygen atoms in total. The molecule has 0 aliphatic rings. The second kappa shape index (κ2) is 9.19. The molecule has 0 heterocycles.